The minimum absolute atomic E-state index is 0.162. The smallest absolute Gasteiger partial charge is 0.343 e. The van der Waals surface area contributed by atoms with E-state index in [9.17, 15) is 14.4 Å². The van der Waals surface area contributed by atoms with Crippen LogP contribution in [-0.4, -0.2) is 22.6 Å². The van der Waals surface area contributed by atoms with E-state index in [-0.39, 0.29) is 11.1 Å². The number of aromatic amines is 1. The van der Waals surface area contributed by atoms with Gasteiger partial charge in [0.15, 0.2) is 0 Å². The fourth-order valence-electron chi connectivity index (χ4n) is 2.01. The lowest BCUT2D eigenvalue weighted by atomic mass is 10.2. The zero-order valence-electron chi connectivity index (χ0n) is 11.4. The number of methoxy groups -OCH3 is 1. The maximum absolute atomic E-state index is 12.3. The van der Waals surface area contributed by atoms with E-state index in [0.717, 1.165) is 12.8 Å². The van der Waals surface area contributed by atoms with E-state index in [2.05, 4.69) is 9.72 Å². The summed E-state index contributed by atoms with van der Waals surface area (Å²) in [5.41, 5.74) is -0.529. The van der Waals surface area contributed by atoms with Gasteiger partial charge in [0.05, 0.1) is 18.0 Å². The number of aryl methyl sites for hydroxylation is 1. The van der Waals surface area contributed by atoms with Crippen molar-refractivity contribution in [1.29, 1.82) is 0 Å². The molecule has 0 unspecified atom stereocenters. The number of nitrogens with one attached hydrogen (secondary N) is 1. The maximum atomic E-state index is 12.3. The van der Waals surface area contributed by atoms with Crippen LogP contribution < -0.4 is 11.1 Å². The highest BCUT2D eigenvalue weighted by atomic mass is 16.5. The summed E-state index contributed by atoms with van der Waals surface area (Å²) in [6, 6.07) is 2.96. The molecule has 0 aliphatic rings. The first-order valence-corrected chi connectivity index (χ1v) is 6.43. The third-order valence-electron chi connectivity index (χ3n) is 3.14. The average molecular weight is 276 g/mol. The van der Waals surface area contributed by atoms with Crippen LogP contribution in [0.1, 0.15) is 30.1 Å². The zero-order valence-corrected chi connectivity index (χ0v) is 11.4. The van der Waals surface area contributed by atoms with E-state index < -0.39 is 11.5 Å². The Morgan fingerprint density at radius 3 is 2.80 bits per heavy atom. The highest BCUT2D eigenvalue weighted by molar-refractivity contribution is 5.93. The summed E-state index contributed by atoms with van der Waals surface area (Å²) in [7, 11) is 1.19. The fourth-order valence-corrected chi connectivity index (χ4v) is 2.01. The third-order valence-corrected chi connectivity index (χ3v) is 3.14. The Hall–Kier alpha value is -2.37. The summed E-state index contributed by atoms with van der Waals surface area (Å²) < 4.78 is 6.11. The highest BCUT2D eigenvalue weighted by Crippen LogP contribution is 2.07. The number of nitrogens with zero attached hydrogens (tertiary/aromatic N) is 1. The molecule has 0 bridgehead atoms. The Bertz CT molecular complexity index is 758. The Labute approximate surface area is 115 Å². The molecule has 6 nitrogen and oxygen atoms in total. The molecule has 0 atom stereocenters. The second-order valence-electron chi connectivity index (χ2n) is 4.50. The van der Waals surface area contributed by atoms with Crippen LogP contribution in [0.25, 0.3) is 10.9 Å². The number of carbonyl (C=O) groups is 1. The first kappa shape index (κ1) is 14.0. The summed E-state index contributed by atoms with van der Waals surface area (Å²) >= 11 is 0. The number of hydrogen-bond acceptors (Lipinski definition) is 4. The second kappa shape index (κ2) is 5.73. The first-order chi connectivity index (χ1) is 9.58. The SMILES string of the molecule is CCCCn1ccc2[nH]c(=O)c(C(=O)OC)cc2c1=O. The molecule has 0 amide bonds. The standard InChI is InChI=1S/C14H16N2O4/c1-3-4-6-16-7-5-11-9(13(16)18)8-10(12(17)15-11)14(19)20-2/h5,7-8H,3-4,6H2,1-2H3,(H,15,17). The van der Waals surface area contributed by atoms with Gasteiger partial charge >= 0.3 is 5.97 Å². The van der Waals surface area contributed by atoms with E-state index in [0.29, 0.717) is 17.4 Å². The number of pyridine rings is 2. The molecule has 6 heteroatoms. The van der Waals surface area contributed by atoms with Gasteiger partial charge in [0.25, 0.3) is 11.1 Å². The van der Waals surface area contributed by atoms with E-state index in [4.69, 9.17) is 0 Å². The zero-order chi connectivity index (χ0) is 14.7. The molecule has 20 heavy (non-hydrogen) atoms. The quantitative estimate of drug-likeness (QED) is 0.853. The average Bonchev–Trinajstić information content (AvgIpc) is 2.45. The van der Waals surface area contributed by atoms with Crippen LogP contribution in [0.2, 0.25) is 0 Å². The van der Waals surface area contributed by atoms with Crippen molar-refractivity contribution < 1.29 is 9.53 Å². The monoisotopic (exact) mass is 276 g/mol. The van der Waals surface area contributed by atoms with Crippen molar-refractivity contribution in [3.8, 4) is 0 Å². The Kier molecular flexibility index (Phi) is 4.02. The number of carbonyl (C=O) groups excluding carboxylic acids is 1. The lowest BCUT2D eigenvalue weighted by Gasteiger charge is -2.07. The van der Waals surface area contributed by atoms with Gasteiger partial charge in [-0.25, -0.2) is 4.79 Å². The lowest BCUT2D eigenvalue weighted by molar-refractivity contribution is 0.0599. The molecule has 0 spiro atoms. The normalized spacial score (nSPS) is 10.7. The minimum atomic E-state index is -0.753. The van der Waals surface area contributed by atoms with Crippen LogP contribution in [-0.2, 0) is 11.3 Å². The van der Waals surface area contributed by atoms with E-state index in [1.807, 2.05) is 6.92 Å². The molecule has 1 N–H and O–H groups in total. The molecule has 0 radical (unpaired) electrons. The molecule has 0 aromatic carbocycles. The number of fused-ring (bicyclic) bond motifs is 1. The number of ether oxygens (including phenoxy) is 1. The molecular weight excluding hydrogens is 260 g/mol. The van der Waals surface area contributed by atoms with Crippen molar-refractivity contribution >= 4 is 16.9 Å². The van der Waals surface area contributed by atoms with Gasteiger partial charge < -0.3 is 14.3 Å². The van der Waals surface area contributed by atoms with Gasteiger partial charge in [0.1, 0.15) is 5.56 Å². The third kappa shape index (κ3) is 2.49. The summed E-state index contributed by atoms with van der Waals surface area (Å²) in [6.45, 7) is 2.65. The number of hydrogen-bond donors (Lipinski definition) is 1. The van der Waals surface area contributed by atoms with Gasteiger partial charge in [-0.15, -0.1) is 0 Å². The molecule has 0 saturated heterocycles. The molecule has 2 heterocycles. The Morgan fingerprint density at radius 1 is 1.40 bits per heavy atom. The largest absolute Gasteiger partial charge is 0.465 e. The van der Waals surface area contributed by atoms with Crippen molar-refractivity contribution in [2.45, 2.75) is 26.3 Å². The molecule has 106 valence electrons. The first-order valence-electron chi connectivity index (χ1n) is 6.43. The lowest BCUT2D eigenvalue weighted by Crippen LogP contribution is -2.24. The fraction of sp³-hybridized carbons (Fsp3) is 0.357. The van der Waals surface area contributed by atoms with Gasteiger partial charge in [-0.2, -0.15) is 0 Å². The van der Waals surface area contributed by atoms with Gasteiger partial charge in [0, 0.05) is 12.7 Å². The van der Waals surface area contributed by atoms with Crippen molar-refractivity contribution in [2.75, 3.05) is 7.11 Å². The van der Waals surface area contributed by atoms with Crippen molar-refractivity contribution in [2.24, 2.45) is 0 Å². The summed E-state index contributed by atoms with van der Waals surface area (Å²) in [5.74, 6) is -0.753. The molecular formula is C14H16N2O4. The summed E-state index contributed by atoms with van der Waals surface area (Å²) in [6.07, 6.45) is 3.51. The molecule has 0 aliphatic heterocycles. The molecule has 0 aliphatic carbocycles. The van der Waals surface area contributed by atoms with Crippen LogP contribution in [0.4, 0.5) is 0 Å². The molecule has 0 fully saturated rings. The molecule has 2 aromatic rings. The topological polar surface area (TPSA) is 81.2 Å². The summed E-state index contributed by atoms with van der Waals surface area (Å²) in [4.78, 5) is 38.1. The number of rotatable bonds is 4. The number of H-pyrrole nitrogens is 1. The predicted molar refractivity (Wildman–Crippen MR) is 75.1 cm³/mol. The van der Waals surface area contributed by atoms with Crippen LogP contribution in [0.15, 0.2) is 27.9 Å². The molecule has 2 rings (SSSR count). The number of esters is 1. The summed E-state index contributed by atoms with van der Waals surface area (Å²) in [5, 5.41) is 0.309. The van der Waals surface area contributed by atoms with Crippen LogP contribution >= 0.6 is 0 Å². The van der Waals surface area contributed by atoms with Gasteiger partial charge in [-0.05, 0) is 18.6 Å². The van der Waals surface area contributed by atoms with Gasteiger partial charge in [-0.3, -0.25) is 9.59 Å². The van der Waals surface area contributed by atoms with E-state index in [1.54, 1.807) is 16.8 Å². The number of unbranched alkanes of at least 4 members (excludes halogenated alkanes) is 1. The van der Waals surface area contributed by atoms with Gasteiger partial charge in [0.2, 0.25) is 0 Å². The maximum Gasteiger partial charge on any atom is 0.343 e. The van der Waals surface area contributed by atoms with E-state index >= 15 is 0 Å². The predicted octanol–water partition coefficient (Wildman–Crippen LogP) is 1.28. The minimum Gasteiger partial charge on any atom is -0.465 e. The van der Waals surface area contributed by atoms with Crippen molar-refractivity contribution in [3.63, 3.8) is 0 Å². The Morgan fingerprint density at radius 2 is 2.15 bits per heavy atom. The van der Waals surface area contributed by atoms with Crippen molar-refractivity contribution in [1.82, 2.24) is 9.55 Å². The molecule has 2 aromatic heterocycles. The van der Waals surface area contributed by atoms with Crippen molar-refractivity contribution in [3.05, 3.63) is 44.6 Å². The van der Waals surface area contributed by atoms with E-state index in [1.165, 1.54) is 13.2 Å². The van der Waals surface area contributed by atoms with Crippen LogP contribution in [0, 0.1) is 0 Å². The van der Waals surface area contributed by atoms with Crippen LogP contribution in [0.5, 0.6) is 0 Å². The van der Waals surface area contributed by atoms with Crippen LogP contribution in [0.3, 0.4) is 0 Å². The molecule has 0 saturated carbocycles. The van der Waals surface area contributed by atoms with Gasteiger partial charge in [-0.1, -0.05) is 13.3 Å². The highest BCUT2D eigenvalue weighted by Gasteiger charge is 2.14. The Balaban J connectivity index is 2.64. The number of aromatic nitrogens is 2. The second-order valence-corrected chi connectivity index (χ2v) is 4.50.